The molecule has 2 fully saturated rings. The second-order valence-electron chi connectivity index (χ2n) is 7.69. The number of benzene rings is 1. The number of hydrogen-bond acceptors (Lipinski definition) is 6. The van der Waals surface area contributed by atoms with E-state index in [0.29, 0.717) is 17.8 Å². The molecule has 1 atom stereocenters. The van der Waals surface area contributed by atoms with Gasteiger partial charge in [0.05, 0.1) is 0 Å². The largest absolute Gasteiger partial charge is 0.371 e. The Bertz CT molecular complexity index is 774. The molecule has 0 spiro atoms. The first-order valence-electron chi connectivity index (χ1n) is 9.98. The maximum atomic E-state index is 11.4. The summed E-state index contributed by atoms with van der Waals surface area (Å²) in [6.07, 6.45) is 10.4. The summed E-state index contributed by atoms with van der Waals surface area (Å²) in [6, 6.07) is 6.18. The number of hydrogen-bond donors (Lipinski definition) is 0. The molecule has 0 saturated carbocycles. The van der Waals surface area contributed by atoms with Crippen molar-refractivity contribution >= 4 is 11.4 Å². The van der Waals surface area contributed by atoms with Crippen molar-refractivity contribution in [1.29, 1.82) is 0 Å². The van der Waals surface area contributed by atoms with Gasteiger partial charge < -0.3 is 4.90 Å². The highest BCUT2D eigenvalue weighted by Gasteiger charge is 2.25. The summed E-state index contributed by atoms with van der Waals surface area (Å²) in [5, 5.41) is 6.54. The van der Waals surface area contributed by atoms with Gasteiger partial charge in [0.1, 0.15) is 11.4 Å². The Kier molecular flexibility index (Phi) is 5.43. The zero-order valence-corrected chi connectivity index (χ0v) is 15.6. The molecule has 2 aliphatic heterocycles. The second-order valence-corrected chi connectivity index (χ2v) is 7.69. The molecule has 4 rings (SSSR count). The van der Waals surface area contributed by atoms with E-state index >= 15 is 0 Å². The summed E-state index contributed by atoms with van der Waals surface area (Å²) in [6.45, 7) is 4.24. The van der Waals surface area contributed by atoms with Crippen LogP contribution in [0.3, 0.4) is 0 Å². The van der Waals surface area contributed by atoms with Crippen LogP contribution >= 0.6 is 0 Å². The van der Waals surface area contributed by atoms with Crippen LogP contribution in [0.25, 0.3) is 0 Å². The van der Waals surface area contributed by atoms with Gasteiger partial charge in [-0.3, -0.25) is 4.90 Å². The SMILES string of the molecule is O=NC1=CC(N2CCCC2)CC=C1Cc1ccc(N2CCCC2)cc1N=O. The first-order chi connectivity index (χ1) is 13.3. The zero-order valence-electron chi connectivity index (χ0n) is 15.6. The van der Waals surface area contributed by atoms with Crippen molar-refractivity contribution in [2.75, 3.05) is 31.1 Å². The van der Waals surface area contributed by atoms with Crippen molar-refractivity contribution in [1.82, 2.24) is 4.90 Å². The molecule has 1 unspecified atom stereocenters. The van der Waals surface area contributed by atoms with Crippen molar-refractivity contribution in [2.24, 2.45) is 10.4 Å². The molecule has 1 aliphatic carbocycles. The van der Waals surface area contributed by atoms with E-state index in [1.54, 1.807) is 0 Å². The van der Waals surface area contributed by atoms with Gasteiger partial charge in [-0.2, -0.15) is 0 Å². The van der Waals surface area contributed by atoms with Gasteiger partial charge in [-0.1, -0.05) is 12.1 Å². The van der Waals surface area contributed by atoms with Crippen LogP contribution in [0.4, 0.5) is 11.4 Å². The molecule has 0 aromatic heterocycles. The Labute approximate surface area is 159 Å². The second kappa shape index (κ2) is 8.13. The van der Waals surface area contributed by atoms with Crippen LogP contribution in [0.1, 0.15) is 37.7 Å². The average molecular weight is 366 g/mol. The standard InChI is InChI=1S/C21H26N4O2/c26-22-20-14-18(24-9-1-2-10-24)7-5-16(20)13-17-6-8-19(15-21(17)23-27)25-11-3-4-12-25/h5-7,14-15,19H,1-4,8-13H2. The summed E-state index contributed by atoms with van der Waals surface area (Å²) in [4.78, 5) is 27.6. The third-order valence-electron chi connectivity index (χ3n) is 6.01. The molecule has 0 amide bonds. The lowest BCUT2D eigenvalue weighted by atomic mass is 9.93. The number of likely N-dealkylation sites (tertiary alicyclic amines) is 1. The van der Waals surface area contributed by atoms with E-state index in [1.165, 1.54) is 25.7 Å². The Morgan fingerprint density at radius 1 is 0.963 bits per heavy atom. The number of nitrogens with zero attached hydrogens (tertiary/aromatic N) is 4. The monoisotopic (exact) mass is 366 g/mol. The lowest BCUT2D eigenvalue weighted by molar-refractivity contribution is 0.282. The van der Waals surface area contributed by atoms with Crippen molar-refractivity contribution in [3.63, 3.8) is 0 Å². The highest BCUT2D eigenvalue weighted by molar-refractivity contribution is 5.61. The van der Waals surface area contributed by atoms with Gasteiger partial charge in [-0.25, -0.2) is 0 Å². The molecule has 2 heterocycles. The van der Waals surface area contributed by atoms with Gasteiger partial charge in [-0.15, -0.1) is 9.81 Å². The van der Waals surface area contributed by atoms with Crippen LogP contribution < -0.4 is 4.90 Å². The molecule has 6 nitrogen and oxygen atoms in total. The molecule has 6 heteroatoms. The predicted octanol–water partition coefficient (Wildman–Crippen LogP) is 4.67. The lowest BCUT2D eigenvalue weighted by Gasteiger charge is -2.27. The predicted molar refractivity (Wildman–Crippen MR) is 108 cm³/mol. The molecule has 27 heavy (non-hydrogen) atoms. The van der Waals surface area contributed by atoms with E-state index in [1.807, 2.05) is 18.2 Å². The van der Waals surface area contributed by atoms with Crippen molar-refractivity contribution in [3.8, 4) is 0 Å². The maximum absolute atomic E-state index is 11.4. The molecule has 142 valence electrons. The van der Waals surface area contributed by atoms with Crippen molar-refractivity contribution in [3.05, 3.63) is 57.0 Å². The van der Waals surface area contributed by atoms with Gasteiger partial charge in [-0.05, 0) is 84.9 Å². The van der Waals surface area contributed by atoms with Crippen LogP contribution in [-0.4, -0.2) is 37.1 Å². The number of rotatable bonds is 6. The molecule has 1 aromatic rings. The molecule has 0 N–H and O–H groups in total. The smallest absolute Gasteiger partial charge is 0.113 e. The average Bonchev–Trinajstić information content (AvgIpc) is 3.42. The normalized spacial score (nSPS) is 23.3. The van der Waals surface area contributed by atoms with E-state index in [0.717, 1.165) is 49.4 Å². The third kappa shape index (κ3) is 3.86. The van der Waals surface area contributed by atoms with Gasteiger partial charge in [0.2, 0.25) is 0 Å². The minimum absolute atomic E-state index is 0.269. The van der Waals surface area contributed by atoms with Crippen LogP contribution in [0.15, 0.2) is 52.0 Å². The fourth-order valence-electron chi connectivity index (χ4n) is 4.47. The molecule has 2 saturated heterocycles. The third-order valence-corrected chi connectivity index (χ3v) is 6.01. The van der Waals surface area contributed by atoms with E-state index in [2.05, 4.69) is 32.3 Å². The molecular weight excluding hydrogens is 340 g/mol. The fourth-order valence-corrected chi connectivity index (χ4v) is 4.47. The fraction of sp³-hybridized carbons (Fsp3) is 0.524. The van der Waals surface area contributed by atoms with E-state index in [4.69, 9.17) is 0 Å². The maximum Gasteiger partial charge on any atom is 0.113 e. The Morgan fingerprint density at radius 3 is 2.41 bits per heavy atom. The zero-order chi connectivity index (χ0) is 18.6. The van der Waals surface area contributed by atoms with Crippen LogP contribution in [0, 0.1) is 9.81 Å². The Morgan fingerprint density at radius 2 is 1.70 bits per heavy atom. The molecular formula is C21H26N4O2. The Hall–Kier alpha value is -2.34. The van der Waals surface area contributed by atoms with Crippen LogP contribution in [0.2, 0.25) is 0 Å². The summed E-state index contributed by atoms with van der Waals surface area (Å²) in [5.74, 6) is 0. The molecule has 0 bridgehead atoms. The summed E-state index contributed by atoms with van der Waals surface area (Å²) < 4.78 is 0. The van der Waals surface area contributed by atoms with Gasteiger partial charge in [0, 0.05) is 31.2 Å². The highest BCUT2D eigenvalue weighted by atomic mass is 16.3. The van der Waals surface area contributed by atoms with E-state index in [-0.39, 0.29) is 6.04 Å². The number of nitroso groups, excluding NO2 is 2. The quantitative estimate of drug-likeness (QED) is 0.686. The van der Waals surface area contributed by atoms with E-state index in [9.17, 15) is 9.81 Å². The summed E-state index contributed by atoms with van der Waals surface area (Å²) in [7, 11) is 0. The number of anilines is 1. The molecule has 0 radical (unpaired) electrons. The van der Waals surface area contributed by atoms with Gasteiger partial charge >= 0.3 is 0 Å². The first-order valence-corrected chi connectivity index (χ1v) is 9.98. The van der Waals surface area contributed by atoms with Crippen molar-refractivity contribution in [2.45, 2.75) is 44.6 Å². The minimum Gasteiger partial charge on any atom is -0.371 e. The van der Waals surface area contributed by atoms with Crippen LogP contribution in [-0.2, 0) is 6.42 Å². The van der Waals surface area contributed by atoms with E-state index < -0.39 is 0 Å². The topological polar surface area (TPSA) is 65.3 Å². The summed E-state index contributed by atoms with van der Waals surface area (Å²) in [5.41, 5.74) is 3.79. The van der Waals surface area contributed by atoms with Crippen molar-refractivity contribution < 1.29 is 0 Å². The lowest BCUT2D eigenvalue weighted by Crippen LogP contribution is -2.32. The highest BCUT2D eigenvalue weighted by Crippen LogP contribution is 2.33. The number of allylic oxidation sites excluding steroid dienone is 1. The Balaban J connectivity index is 1.51. The molecule has 3 aliphatic rings. The molecule has 1 aromatic carbocycles. The first kappa shape index (κ1) is 18.0. The van der Waals surface area contributed by atoms with Gasteiger partial charge in [0.15, 0.2) is 0 Å². The van der Waals surface area contributed by atoms with Crippen LogP contribution in [0.5, 0.6) is 0 Å². The summed E-state index contributed by atoms with van der Waals surface area (Å²) >= 11 is 0. The van der Waals surface area contributed by atoms with Gasteiger partial charge in [0.25, 0.3) is 0 Å². The minimum atomic E-state index is 0.269.